The van der Waals surface area contributed by atoms with E-state index in [2.05, 4.69) is 15.3 Å². The Kier molecular flexibility index (Phi) is 3.18. The smallest absolute Gasteiger partial charge is 0.223 e. The zero-order valence-corrected chi connectivity index (χ0v) is 9.57. The lowest BCUT2D eigenvalue weighted by molar-refractivity contribution is 0.415. The zero-order valence-electron chi connectivity index (χ0n) is 9.57. The van der Waals surface area contributed by atoms with Gasteiger partial charge in [-0.1, -0.05) is 0 Å². The highest BCUT2D eigenvalue weighted by atomic mass is 19.1. The highest BCUT2D eigenvalue weighted by Gasteiger charge is 2.08. The summed E-state index contributed by atoms with van der Waals surface area (Å²) in [5.74, 6) is 0.656. The van der Waals surface area contributed by atoms with Crippen LogP contribution in [0.1, 0.15) is 0 Å². The summed E-state index contributed by atoms with van der Waals surface area (Å²) >= 11 is 0. The molecule has 1 aromatic carbocycles. The van der Waals surface area contributed by atoms with Crippen LogP contribution < -0.4 is 10.1 Å². The molecule has 0 amide bonds. The topological polar surface area (TPSA) is 47.0 Å². The molecule has 0 unspecified atom stereocenters. The molecule has 1 aromatic heterocycles. The van der Waals surface area contributed by atoms with Gasteiger partial charge in [0.05, 0.1) is 13.3 Å². The van der Waals surface area contributed by atoms with Gasteiger partial charge in [-0.05, 0) is 24.3 Å². The maximum absolute atomic E-state index is 13.6. The number of aromatic nitrogens is 2. The third-order valence-electron chi connectivity index (χ3n) is 2.33. The summed E-state index contributed by atoms with van der Waals surface area (Å²) in [4.78, 5) is 7.87. The molecule has 2 aromatic rings. The Hall–Kier alpha value is -2.17. The number of ether oxygens (including phenoxy) is 1. The largest absolute Gasteiger partial charge is 0.497 e. The monoisotopic (exact) mass is 233 g/mol. The number of halogens is 1. The van der Waals surface area contributed by atoms with Crippen molar-refractivity contribution < 1.29 is 9.13 Å². The first-order chi connectivity index (χ1) is 8.24. The molecule has 1 N–H and O–H groups in total. The standard InChI is InChI=1S/C12H12FN3O/c1-14-12-15-7-10(13)11(16-12)8-3-5-9(17-2)6-4-8/h3-7H,1-2H3,(H,14,15,16). The average Bonchev–Trinajstić information content (AvgIpc) is 2.39. The van der Waals surface area contributed by atoms with Gasteiger partial charge in [-0.15, -0.1) is 0 Å². The van der Waals surface area contributed by atoms with Crippen molar-refractivity contribution in [1.82, 2.24) is 9.97 Å². The van der Waals surface area contributed by atoms with Gasteiger partial charge >= 0.3 is 0 Å². The molecule has 0 saturated heterocycles. The lowest BCUT2D eigenvalue weighted by Crippen LogP contribution is -1.99. The fourth-order valence-electron chi connectivity index (χ4n) is 1.44. The molecule has 88 valence electrons. The first-order valence-electron chi connectivity index (χ1n) is 5.09. The molecular weight excluding hydrogens is 221 g/mol. The first-order valence-corrected chi connectivity index (χ1v) is 5.09. The molecule has 0 aliphatic carbocycles. The SMILES string of the molecule is CNc1ncc(F)c(-c2ccc(OC)cc2)n1. The number of methoxy groups -OCH3 is 1. The molecule has 0 aliphatic heterocycles. The van der Waals surface area contributed by atoms with Crippen molar-refractivity contribution in [3.63, 3.8) is 0 Å². The van der Waals surface area contributed by atoms with E-state index < -0.39 is 5.82 Å². The Morgan fingerprint density at radius 1 is 1.24 bits per heavy atom. The maximum atomic E-state index is 13.6. The van der Waals surface area contributed by atoms with Crippen LogP contribution in [0.5, 0.6) is 5.75 Å². The number of hydrogen-bond donors (Lipinski definition) is 1. The van der Waals surface area contributed by atoms with Crippen molar-refractivity contribution in [2.45, 2.75) is 0 Å². The number of benzene rings is 1. The fourth-order valence-corrected chi connectivity index (χ4v) is 1.44. The van der Waals surface area contributed by atoms with Crippen LogP contribution >= 0.6 is 0 Å². The summed E-state index contributed by atoms with van der Waals surface area (Å²) in [5.41, 5.74) is 0.953. The van der Waals surface area contributed by atoms with Crippen LogP contribution in [-0.2, 0) is 0 Å². The lowest BCUT2D eigenvalue weighted by atomic mass is 10.1. The number of rotatable bonds is 3. The van der Waals surface area contributed by atoms with Crippen LogP contribution in [-0.4, -0.2) is 24.1 Å². The van der Waals surface area contributed by atoms with Crippen LogP contribution in [0.2, 0.25) is 0 Å². The minimum Gasteiger partial charge on any atom is -0.497 e. The highest BCUT2D eigenvalue weighted by molar-refractivity contribution is 5.61. The minimum absolute atomic E-state index is 0.270. The molecule has 0 bridgehead atoms. The summed E-state index contributed by atoms with van der Waals surface area (Å²) in [6.45, 7) is 0. The van der Waals surface area contributed by atoms with Gasteiger partial charge in [-0.3, -0.25) is 0 Å². The van der Waals surface area contributed by atoms with Crippen molar-refractivity contribution in [2.24, 2.45) is 0 Å². The van der Waals surface area contributed by atoms with Crippen LogP contribution in [0, 0.1) is 5.82 Å². The Morgan fingerprint density at radius 2 is 1.94 bits per heavy atom. The number of anilines is 1. The molecule has 0 atom stereocenters. The molecule has 0 spiro atoms. The van der Waals surface area contributed by atoms with E-state index in [0.717, 1.165) is 11.9 Å². The zero-order chi connectivity index (χ0) is 12.3. The third kappa shape index (κ3) is 2.33. The van der Waals surface area contributed by atoms with Crippen molar-refractivity contribution >= 4 is 5.95 Å². The van der Waals surface area contributed by atoms with Gasteiger partial charge in [0.2, 0.25) is 5.95 Å². The van der Waals surface area contributed by atoms with E-state index in [0.29, 0.717) is 11.5 Å². The summed E-state index contributed by atoms with van der Waals surface area (Å²) < 4.78 is 18.6. The second-order valence-corrected chi connectivity index (χ2v) is 3.37. The average molecular weight is 233 g/mol. The molecule has 5 heteroatoms. The number of hydrogen-bond acceptors (Lipinski definition) is 4. The third-order valence-corrected chi connectivity index (χ3v) is 2.33. The van der Waals surface area contributed by atoms with E-state index in [9.17, 15) is 4.39 Å². The lowest BCUT2D eigenvalue weighted by Gasteiger charge is -2.05. The number of nitrogens with zero attached hydrogens (tertiary/aromatic N) is 2. The molecule has 2 rings (SSSR count). The summed E-state index contributed by atoms with van der Waals surface area (Å²) in [6.07, 6.45) is 1.15. The second kappa shape index (κ2) is 4.78. The molecule has 0 aliphatic rings. The van der Waals surface area contributed by atoms with E-state index in [1.165, 1.54) is 0 Å². The summed E-state index contributed by atoms with van der Waals surface area (Å²) in [5, 5.41) is 2.77. The molecular formula is C12H12FN3O. The van der Waals surface area contributed by atoms with Gasteiger partial charge in [0, 0.05) is 12.6 Å². The van der Waals surface area contributed by atoms with E-state index in [-0.39, 0.29) is 5.69 Å². The molecule has 0 fully saturated rings. The summed E-state index contributed by atoms with van der Waals surface area (Å²) in [7, 11) is 3.27. The minimum atomic E-state index is -0.450. The predicted molar refractivity (Wildman–Crippen MR) is 63.5 cm³/mol. The number of nitrogens with one attached hydrogen (secondary N) is 1. The molecule has 0 saturated carbocycles. The Balaban J connectivity index is 2.43. The van der Waals surface area contributed by atoms with Crippen LogP contribution in [0.3, 0.4) is 0 Å². The van der Waals surface area contributed by atoms with Crippen molar-refractivity contribution in [3.05, 3.63) is 36.3 Å². The Morgan fingerprint density at radius 3 is 2.53 bits per heavy atom. The van der Waals surface area contributed by atoms with Crippen molar-refractivity contribution in [3.8, 4) is 17.0 Å². The Bertz CT molecular complexity index is 514. The second-order valence-electron chi connectivity index (χ2n) is 3.37. The highest BCUT2D eigenvalue weighted by Crippen LogP contribution is 2.23. The van der Waals surface area contributed by atoms with E-state index in [1.807, 2.05) is 0 Å². The predicted octanol–water partition coefficient (Wildman–Crippen LogP) is 2.33. The molecule has 0 radical (unpaired) electrons. The summed E-state index contributed by atoms with van der Waals surface area (Å²) in [6, 6.07) is 7.03. The molecule has 4 nitrogen and oxygen atoms in total. The van der Waals surface area contributed by atoms with Crippen LogP contribution in [0.4, 0.5) is 10.3 Å². The van der Waals surface area contributed by atoms with Crippen LogP contribution in [0.15, 0.2) is 30.5 Å². The van der Waals surface area contributed by atoms with Gasteiger partial charge < -0.3 is 10.1 Å². The van der Waals surface area contributed by atoms with E-state index in [4.69, 9.17) is 4.74 Å². The normalized spacial score (nSPS) is 10.1. The fraction of sp³-hybridized carbons (Fsp3) is 0.167. The molecule has 1 heterocycles. The van der Waals surface area contributed by atoms with Gasteiger partial charge in [-0.25, -0.2) is 14.4 Å². The first kappa shape index (κ1) is 11.3. The van der Waals surface area contributed by atoms with Gasteiger partial charge in [0.1, 0.15) is 11.4 Å². The van der Waals surface area contributed by atoms with Gasteiger partial charge in [0.25, 0.3) is 0 Å². The maximum Gasteiger partial charge on any atom is 0.223 e. The van der Waals surface area contributed by atoms with Crippen molar-refractivity contribution in [1.29, 1.82) is 0 Å². The van der Waals surface area contributed by atoms with Gasteiger partial charge in [0.15, 0.2) is 5.82 Å². The van der Waals surface area contributed by atoms with Gasteiger partial charge in [-0.2, -0.15) is 0 Å². The Labute approximate surface area is 98.5 Å². The van der Waals surface area contributed by atoms with E-state index in [1.54, 1.807) is 38.4 Å². The quantitative estimate of drug-likeness (QED) is 0.883. The van der Waals surface area contributed by atoms with E-state index >= 15 is 0 Å². The molecule has 17 heavy (non-hydrogen) atoms. The van der Waals surface area contributed by atoms with Crippen molar-refractivity contribution in [2.75, 3.05) is 19.5 Å². The van der Waals surface area contributed by atoms with Crippen LogP contribution in [0.25, 0.3) is 11.3 Å².